The third-order valence-corrected chi connectivity index (χ3v) is 4.71. The minimum Gasteiger partial charge on any atom is -0.328 e. The van der Waals surface area contributed by atoms with Crippen LogP contribution in [-0.4, -0.2) is 21.5 Å². The van der Waals surface area contributed by atoms with Crippen LogP contribution >= 0.6 is 24.8 Å². The van der Waals surface area contributed by atoms with Gasteiger partial charge >= 0.3 is 0 Å². The highest BCUT2D eigenvalue weighted by Crippen LogP contribution is 2.26. The second kappa shape index (κ2) is 8.54. The van der Waals surface area contributed by atoms with Crippen molar-refractivity contribution in [2.75, 3.05) is 5.32 Å². The predicted molar refractivity (Wildman–Crippen MR) is 110 cm³/mol. The number of imidazole rings is 1. The summed E-state index contributed by atoms with van der Waals surface area (Å²) in [5, 5.41) is 2.99. The summed E-state index contributed by atoms with van der Waals surface area (Å²) in [6.45, 7) is 0. The number of halogens is 2. The van der Waals surface area contributed by atoms with Gasteiger partial charge in [-0.05, 0) is 55.7 Å². The van der Waals surface area contributed by atoms with Crippen molar-refractivity contribution < 1.29 is 4.79 Å². The van der Waals surface area contributed by atoms with Crippen molar-refractivity contribution in [2.24, 2.45) is 11.7 Å². The first-order chi connectivity index (χ1) is 11.7. The second-order valence-electron chi connectivity index (χ2n) is 6.41. The Labute approximate surface area is 164 Å². The molecule has 4 rings (SSSR count). The smallest absolute Gasteiger partial charge is 0.227 e. The zero-order valence-corrected chi connectivity index (χ0v) is 15.8. The van der Waals surface area contributed by atoms with E-state index in [4.69, 9.17) is 5.73 Å². The van der Waals surface area contributed by atoms with Crippen molar-refractivity contribution in [1.29, 1.82) is 0 Å². The van der Waals surface area contributed by atoms with Crippen molar-refractivity contribution in [3.05, 3.63) is 54.9 Å². The fourth-order valence-corrected chi connectivity index (χ4v) is 3.37. The van der Waals surface area contributed by atoms with E-state index >= 15 is 0 Å². The molecule has 3 N–H and O–H groups in total. The molecule has 1 aliphatic carbocycles. The van der Waals surface area contributed by atoms with E-state index in [0.717, 1.165) is 41.7 Å². The monoisotopic (exact) mass is 392 g/mol. The maximum absolute atomic E-state index is 12.3. The highest BCUT2D eigenvalue weighted by atomic mass is 35.5. The number of hydrogen-bond acceptors (Lipinski definition) is 3. The third kappa shape index (κ3) is 4.01. The second-order valence-corrected chi connectivity index (χ2v) is 6.41. The first kappa shape index (κ1) is 20.2. The highest BCUT2D eigenvalue weighted by Gasteiger charge is 2.27. The Kier molecular flexibility index (Phi) is 6.64. The Hall–Kier alpha value is -2.08. The number of nitrogens with two attached hydrogens (primary N) is 1. The van der Waals surface area contributed by atoms with Crippen LogP contribution < -0.4 is 11.1 Å². The van der Waals surface area contributed by atoms with Crippen LogP contribution in [0.15, 0.2) is 54.9 Å². The van der Waals surface area contributed by atoms with Crippen molar-refractivity contribution in [3.8, 4) is 5.69 Å². The number of carbonyl (C=O) groups excluding carboxylic acids is 1. The van der Waals surface area contributed by atoms with Gasteiger partial charge in [-0.1, -0.05) is 12.1 Å². The summed E-state index contributed by atoms with van der Waals surface area (Å²) in [6.07, 6.45) is 4.42. The van der Waals surface area contributed by atoms with E-state index in [9.17, 15) is 4.79 Å². The summed E-state index contributed by atoms with van der Waals surface area (Å²) in [5.41, 5.74) is 9.75. The van der Waals surface area contributed by atoms with Gasteiger partial charge in [0.2, 0.25) is 5.91 Å². The average molecular weight is 393 g/mol. The van der Waals surface area contributed by atoms with E-state index in [1.165, 1.54) is 0 Å². The van der Waals surface area contributed by atoms with Gasteiger partial charge in [0.15, 0.2) is 0 Å². The quantitative estimate of drug-likeness (QED) is 0.708. The van der Waals surface area contributed by atoms with Gasteiger partial charge in [0.25, 0.3) is 0 Å². The summed E-state index contributed by atoms with van der Waals surface area (Å²) in [7, 11) is 0. The van der Waals surface area contributed by atoms with Crippen molar-refractivity contribution in [3.63, 3.8) is 0 Å². The number of fused-ring (bicyclic) bond motifs is 1. The third-order valence-electron chi connectivity index (χ3n) is 4.71. The summed E-state index contributed by atoms with van der Waals surface area (Å²) in [5.74, 6) is 0.112. The number of nitrogens with zero attached hydrogens (tertiary/aromatic N) is 2. The molecule has 1 heterocycles. The number of benzene rings is 2. The predicted octanol–water partition coefficient (Wildman–Crippen LogP) is 3.94. The molecule has 2 aromatic carbocycles. The number of para-hydroxylation sites is 2. The minimum absolute atomic E-state index is 0. The molecule has 2 atom stereocenters. The zero-order chi connectivity index (χ0) is 16.5. The fourth-order valence-electron chi connectivity index (χ4n) is 3.37. The van der Waals surface area contributed by atoms with E-state index in [0.29, 0.717) is 0 Å². The molecule has 5 nitrogen and oxygen atoms in total. The molecule has 0 spiro atoms. The fraction of sp³-hybridized carbons (Fsp3) is 0.263. The minimum atomic E-state index is 0. The van der Waals surface area contributed by atoms with E-state index in [1.807, 2.05) is 59.4 Å². The lowest BCUT2D eigenvalue weighted by Crippen LogP contribution is -2.23. The molecule has 7 heteroatoms. The van der Waals surface area contributed by atoms with Gasteiger partial charge in [-0.15, -0.1) is 24.8 Å². The van der Waals surface area contributed by atoms with E-state index in [-0.39, 0.29) is 42.7 Å². The van der Waals surface area contributed by atoms with Crippen LogP contribution in [0.5, 0.6) is 0 Å². The Morgan fingerprint density at radius 3 is 2.50 bits per heavy atom. The maximum Gasteiger partial charge on any atom is 0.227 e. The van der Waals surface area contributed by atoms with Crippen LogP contribution in [0.25, 0.3) is 16.7 Å². The van der Waals surface area contributed by atoms with Crippen LogP contribution in [0.4, 0.5) is 5.69 Å². The van der Waals surface area contributed by atoms with Crippen molar-refractivity contribution in [1.82, 2.24) is 9.55 Å². The molecule has 2 unspecified atom stereocenters. The van der Waals surface area contributed by atoms with Gasteiger partial charge in [-0.2, -0.15) is 0 Å². The summed E-state index contributed by atoms with van der Waals surface area (Å²) in [4.78, 5) is 16.7. The molecule has 26 heavy (non-hydrogen) atoms. The van der Waals surface area contributed by atoms with Crippen LogP contribution in [0.1, 0.15) is 19.3 Å². The molecule has 138 valence electrons. The number of aromatic nitrogens is 2. The Morgan fingerprint density at radius 1 is 1.08 bits per heavy atom. The molecule has 1 amide bonds. The molecule has 1 saturated carbocycles. The number of anilines is 1. The molecule has 0 bridgehead atoms. The SMILES string of the molecule is Cl.Cl.NC1CCC(C(=O)Nc2ccc(-n3cnc4ccccc43)cc2)C1. The molecule has 1 aromatic heterocycles. The largest absolute Gasteiger partial charge is 0.328 e. The molecular formula is C19H22Cl2N4O. The highest BCUT2D eigenvalue weighted by molar-refractivity contribution is 5.92. The van der Waals surface area contributed by atoms with E-state index in [1.54, 1.807) is 0 Å². The number of rotatable bonds is 3. The molecule has 0 aliphatic heterocycles. The van der Waals surface area contributed by atoms with Crippen molar-refractivity contribution in [2.45, 2.75) is 25.3 Å². The van der Waals surface area contributed by atoms with Gasteiger partial charge in [-0.3, -0.25) is 9.36 Å². The summed E-state index contributed by atoms with van der Waals surface area (Å²) in [6, 6.07) is 16.0. The maximum atomic E-state index is 12.3. The topological polar surface area (TPSA) is 72.9 Å². The van der Waals surface area contributed by atoms with E-state index in [2.05, 4.69) is 10.3 Å². The number of hydrogen-bond donors (Lipinski definition) is 2. The molecule has 0 radical (unpaired) electrons. The Bertz CT molecular complexity index is 879. The lowest BCUT2D eigenvalue weighted by atomic mass is 10.1. The van der Waals surface area contributed by atoms with Gasteiger partial charge in [0, 0.05) is 23.3 Å². The van der Waals surface area contributed by atoms with Crippen molar-refractivity contribution >= 4 is 47.4 Å². The van der Waals surface area contributed by atoms with Gasteiger partial charge in [0.05, 0.1) is 11.0 Å². The first-order valence-corrected chi connectivity index (χ1v) is 8.30. The van der Waals surface area contributed by atoms with Crippen LogP contribution in [0.3, 0.4) is 0 Å². The van der Waals surface area contributed by atoms with Gasteiger partial charge < -0.3 is 11.1 Å². The molecule has 0 saturated heterocycles. The zero-order valence-electron chi connectivity index (χ0n) is 14.2. The van der Waals surface area contributed by atoms with Gasteiger partial charge in [-0.25, -0.2) is 4.98 Å². The number of carbonyl (C=O) groups is 1. The lowest BCUT2D eigenvalue weighted by Gasteiger charge is -2.11. The van der Waals surface area contributed by atoms with Crippen LogP contribution in [0.2, 0.25) is 0 Å². The Morgan fingerprint density at radius 2 is 1.81 bits per heavy atom. The molecule has 3 aromatic rings. The molecular weight excluding hydrogens is 371 g/mol. The average Bonchev–Trinajstić information content (AvgIpc) is 3.22. The summed E-state index contributed by atoms with van der Waals surface area (Å²) >= 11 is 0. The standard InChI is InChI=1S/C19H20N4O.2ClH/c20-14-6-5-13(11-14)19(24)22-15-7-9-16(10-8-15)23-12-21-17-3-1-2-4-18(17)23;;/h1-4,7-10,12-14H,5-6,11,20H2,(H,22,24);2*1H. The van der Waals surface area contributed by atoms with E-state index < -0.39 is 0 Å². The first-order valence-electron chi connectivity index (χ1n) is 8.30. The molecule has 1 aliphatic rings. The number of amides is 1. The van der Waals surface area contributed by atoms with Gasteiger partial charge in [0.1, 0.15) is 6.33 Å². The summed E-state index contributed by atoms with van der Waals surface area (Å²) < 4.78 is 2.04. The normalized spacial score (nSPS) is 18.8. The molecule has 1 fully saturated rings. The van der Waals surface area contributed by atoms with Crippen LogP contribution in [-0.2, 0) is 4.79 Å². The number of nitrogens with one attached hydrogen (secondary N) is 1. The van der Waals surface area contributed by atoms with Crippen LogP contribution in [0, 0.1) is 5.92 Å². The lowest BCUT2D eigenvalue weighted by molar-refractivity contribution is -0.119. The Balaban J connectivity index is 0.00000121.